The van der Waals surface area contributed by atoms with Gasteiger partial charge >= 0.3 is 0 Å². The van der Waals surface area contributed by atoms with Gasteiger partial charge in [0.25, 0.3) is 0 Å². The number of hydrogen-bond acceptors (Lipinski definition) is 4. The van der Waals surface area contributed by atoms with Crippen molar-refractivity contribution in [3.8, 4) is 11.5 Å². The van der Waals surface area contributed by atoms with Gasteiger partial charge in [-0.2, -0.15) is 0 Å². The fourth-order valence-corrected chi connectivity index (χ4v) is 5.41. The fraction of sp³-hybridized carbons (Fsp3) is 0.438. The highest BCUT2D eigenvalue weighted by atomic mass is 127. The summed E-state index contributed by atoms with van der Waals surface area (Å²) >= 11 is 4.74. The minimum atomic E-state index is 0.513. The molecule has 0 radical (unpaired) electrons. The van der Waals surface area contributed by atoms with E-state index in [-0.39, 0.29) is 0 Å². The van der Waals surface area contributed by atoms with Crippen LogP contribution in [0.1, 0.15) is 62.8 Å². The van der Waals surface area contributed by atoms with Crippen molar-refractivity contribution in [3.05, 3.63) is 90.1 Å². The van der Waals surface area contributed by atoms with Crippen molar-refractivity contribution in [2.75, 3.05) is 13.1 Å². The van der Waals surface area contributed by atoms with Gasteiger partial charge in [-0.05, 0) is 129 Å². The van der Waals surface area contributed by atoms with E-state index in [0.717, 1.165) is 67.8 Å². The van der Waals surface area contributed by atoms with Gasteiger partial charge in [-0.15, -0.1) is 0 Å². The van der Waals surface area contributed by atoms with E-state index in [9.17, 15) is 0 Å². The zero-order chi connectivity index (χ0) is 27.3. The molecular formula is C32H42I2N2O2. The third-order valence-electron chi connectivity index (χ3n) is 6.33. The van der Waals surface area contributed by atoms with Crippen LogP contribution in [0.25, 0.3) is 0 Å². The Hall–Kier alpha value is -1.36. The van der Waals surface area contributed by atoms with Crippen LogP contribution < -0.4 is 20.1 Å². The van der Waals surface area contributed by atoms with Gasteiger partial charge in [0.05, 0.1) is 7.14 Å². The highest BCUT2D eigenvalue weighted by molar-refractivity contribution is 14.1. The molecule has 0 aliphatic heterocycles. The molecule has 4 nitrogen and oxygen atoms in total. The number of ether oxygens (including phenoxy) is 2. The average Bonchev–Trinajstić information content (AvgIpc) is 2.88. The topological polar surface area (TPSA) is 42.5 Å². The highest BCUT2D eigenvalue weighted by Gasteiger charge is 2.09. The maximum Gasteiger partial charge on any atom is 0.133 e. The third-order valence-corrected chi connectivity index (χ3v) is 8.02. The molecule has 3 aromatic carbocycles. The van der Waals surface area contributed by atoms with Crippen LogP contribution in [0.2, 0.25) is 0 Å². The molecular weight excluding hydrogens is 698 g/mol. The first-order valence-corrected chi connectivity index (χ1v) is 15.8. The SMILES string of the molecule is CC(C)CCNCc1ccc(OCc2ccccc2COc2ccc(CNCCC(C)C)cc2I)c(I)c1. The maximum atomic E-state index is 6.24. The molecule has 0 saturated heterocycles. The number of benzene rings is 3. The summed E-state index contributed by atoms with van der Waals surface area (Å²) < 4.78 is 14.7. The van der Waals surface area contributed by atoms with Crippen LogP contribution in [0.3, 0.4) is 0 Å². The summed E-state index contributed by atoms with van der Waals surface area (Å²) in [5.41, 5.74) is 4.85. The molecule has 0 heterocycles. The van der Waals surface area contributed by atoms with Crippen LogP contribution in [0, 0.1) is 19.0 Å². The van der Waals surface area contributed by atoms with Crippen molar-refractivity contribution in [2.45, 2.75) is 66.8 Å². The molecule has 0 unspecified atom stereocenters. The van der Waals surface area contributed by atoms with Crippen LogP contribution in [-0.2, 0) is 26.3 Å². The molecule has 0 fully saturated rings. The summed E-state index contributed by atoms with van der Waals surface area (Å²) in [6.07, 6.45) is 2.39. The number of rotatable bonds is 16. The van der Waals surface area contributed by atoms with E-state index in [1.807, 2.05) is 0 Å². The van der Waals surface area contributed by atoms with Gasteiger partial charge in [0.15, 0.2) is 0 Å². The average molecular weight is 741 g/mol. The van der Waals surface area contributed by atoms with Crippen molar-refractivity contribution < 1.29 is 9.47 Å². The smallest absolute Gasteiger partial charge is 0.133 e. The summed E-state index contributed by atoms with van der Waals surface area (Å²) in [6, 6.07) is 21.3. The molecule has 0 bridgehead atoms. The molecule has 3 rings (SSSR count). The van der Waals surface area contributed by atoms with Gasteiger partial charge in [0.2, 0.25) is 0 Å². The fourth-order valence-electron chi connectivity index (χ4n) is 3.94. The Morgan fingerprint density at radius 1 is 0.632 bits per heavy atom. The Morgan fingerprint density at radius 3 is 1.42 bits per heavy atom. The van der Waals surface area contributed by atoms with E-state index < -0.39 is 0 Å². The highest BCUT2D eigenvalue weighted by Crippen LogP contribution is 2.26. The Morgan fingerprint density at radius 2 is 1.05 bits per heavy atom. The minimum Gasteiger partial charge on any atom is -0.488 e. The zero-order valence-electron chi connectivity index (χ0n) is 23.2. The lowest BCUT2D eigenvalue weighted by molar-refractivity contribution is 0.283. The van der Waals surface area contributed by atoms with E-state index in [0.29, 0.717) is 13.2 Å². The van der Waals surface area contributed by atoms with Gasteiger partial charge in [0.1, 0.15) is 24.7 Å². The Balaban J connectivity index is 1.52. The molecule has 3 aromatic rings. The number of halogens is 2. The monoisotopic (exact) mass is 740 g/mol. The molecule has 206 valence electrons. The minimum absolute atomic E-state index is 0.513. The first-order chi connectivity index (χ1) is 18.3. The molecule has 0 aromatic heterocycles. The van der Waals surface area contributed by atoms with E-state index in [1.54, 1.807) is 0 Å². The second-order valence-electron chi connectivity index (χ2n) is 10.6. The Labute approximate surface area is 257 Å². The quantitative estimate of drug-likeness (QED) is 0.115. The number of hydrogen-bond donors (Lipinski definition) is 2. The Bertz CT molecular complexity index is 1050. The van der Waals surface area contributed by atoms with E-state index in [2.05, 4.69) is 144 Å². The summed E-state index contributed by atoms with van der Waals surface area (Å²) in [5, 5.41) is 7.07. The number of nitrogens with one attached hydrogen (secondary N) is 2. The van der Waals surface area contributed by atoms with E-state index in [1.165, 1.54) is 24.0 Å². The first kappa shape index (κ1) is 31.2. The van der Waals surface area contributed by atoms with E-state index >= 15 is 0 Å². The van der Waals surface area contributed by atoms with Crippen molar-refractivity contribution in [1.82, 2.24) is 10.6 Å². The summed E-state index contributed by atoms with van der Waals surface area (Å²) in [6.45, 7) is 13.9. The lowest BCUT2D eigenvalue weighted by Gasteiger charge is -2.15. The Kier molecular flexibility index (Phi) is 13.7. The normalized spacial score (nSPS) is 11.4. The van der Waals surface area contributed by atoms with Gasteiger partial charge in [-0.25, -0.2) is 0 Å². The molecule has 0 aliphatic rings. The second-order valence-corrected chi connectivity index (χ2v) is 12.9. The largest absolute Gasteiger partial charge is 0.488 e. The molecule has 0 saturated carbocycles. The van der Waals surface area contributed by atoms with Crippen LogP contribution in [0.5, 0.6) is 11.5 Å². The van der Waals surface area contributed by atoms with Gasteiger partial charge in [0, 0.05) is 13.1 Å². The van der Waals surface area contributed by atoms with Crippen LogP contribution in [0.4, 0.5) is 0 Å². The van der Waals surface area contributed by atoms with E-state index in [4.69, 9.17) is 9.47 Å². The molecule has 0 amide bonds. The van der Waals surface area contributed by atoms with Crippen molar-refractivity contribution in [1.29, 1.82) is 0 Å². The lowest BCUT2D eigenvalue weighted by atomic mass is 10.1. The van der Waals surface area contributed by atoms with Crippen LogP contribution in [-0.4, -0.2) is 13.1 Å². The lowest BCUT2D eigenvalue weighted by Crippen LogP contribution is -2.16. The molecule has 0 atom stereocenters. The maximum absolute atomic E-state index is 6.24. The summed E-state index contributed by atoms with van der Waals surface area (Å²) in [5.74, 6) is 3.28. The van der Waals surface area contributed by atoms with Crippen molar-refractivity contribution in [2.24, 2.45) is 11.8 Å². The third kappa shape index (κ3) is 11.0. The molecule has 2 N–H and O–H groups in total. The predicted octanol–water partition coefficient (Wildman–Crippen LogP) is 8.33. The molecule has 38 heavy (non-hydrogen) atoms. The summed E-state index contributed by atoms with van der Waals surface area (Å²) in [4.78, 5) is 0. The van der Waals surface area contributed by atoms with Gasteiger partial charge in [-0.3, -0.25) is 0 Å². The van der Waals surface area contributed by atoms with Crippen LogP contribution >= 0.6 is 45.2 Å². The zero-order valence-corrected chi connectivity index (χ0v) is 27.5. The van der Waals surface area contributed by atoms with Crippen molar-refractivity contribution in [3.63, 3.8) is 0 Å². The molecule has 0 spiro atoms. The standard InChI is InChI=1S/C32H42I2N2O2/c1-23(2)13-15-35-19-25-9-11-31(29(33)17-25)37-21-27-7-5-6-8-28(27)22-38-32-12-10-26(18-30(32)34)20-36-16-14-24(3)4/h5-12,17-18,23-24,35-36H,13-16,19-22H2,1-4H3. The van der Waals surface area contributed by atoms with Crippen molar-refractivity contribution >= 4 is 45.2 Å². The van der Waals surface area contributed by atoms with Gasteiger partial charge < -0.3 is 20.1 Å². The second kappa shape index (κ2) is 16.7. The molecule has 0 aliphatic carbocycles. The van der Waals surface area contributed by atoms with Gasteiger partial charge in [-0.1, -0.05) is 64.1 Å². The first-order valence-electron chi connectivity index (χ1n) is 13.6. The van der Waals surface area contributed by atoms with Crippen LogP contribution in [0.15, 0.2) is 60.7 Å². The summed E-state index contributed by atoms with van der Waals surface area (Å²) in [7, 11) is 0. The molecule has 6 heteroatoms. The predicted molar refractivity (Wildman–Crippen MR) is 176 cm³/mol.